The van der Waals surface area contributed by atoms with Crippen LogP contribution in [0, 0.1) is 6.92 Å². The molecule has 0 radical (unpaired) electrons. The van der Waals surface area contributed by atoms with E-state index in [2.05, 4.69) is 72.6 Å². The summed E-state index contributed by atoms with van der Waals surface area (Å²) in [5.74, 6) is 3.41. The van der Waals surface area contributed by atoms with Gasteiger partial charge in [-0.05, 0) is 80.3 Å². The molecule has 2 aromatic carbocycles. The molecule has 6 rings (SSSR count). The van der Waals surface area contributed by atoms with Crippen molar-refractivity contribution < 1.29 is 4.42 Å². The van der Waals surface area contributed by atoms with Gasteiger partial charge >= 0.3 is 0 Å². The van der Waals surface area contributed by atoms with Crippen LogP contribution in [-0.4, -0.2) is 55.0 Å². The van der Waals surface area contributed by atoms with Crippen molar-refractivity contribution in [2.75, 3.05) is 25.4 Å². The van der Waals surface area contributed by atoms with E-state index >= 15 is 0 Å². The Morgan fingerprint density at radius 2 is 1.87 bits per heavy atom. The summed E-state index contributed by atoms with van der Waals surface area (Å²) in [7, 11) is 0. The number of thioether (sulfide) groups is 1. The van der Waals surface area contributed by atoms with Crippen molar-refractivity contribution in [1.82, 2.24) is 29.6 Å². The van der Waals surface area contributed by atoms with E-state index in [1.807, 2.05) is 31.3 Å². The standard InChI is InChI=1S/C31H32N6OS/c1-3-14-37-29(26-9-10-28-25(20-26)6-4-13-32-28)34-35-31(37)39-18-5-15-36-16-11-23-7-8-27(19-24(23)12-17-36)30-33-21-22(2)38-30/h3-4,6-10,13,19-21H,1,5,11-12,14-18H2,2H3. The van der Waals surface area contributed by atoms with E-state index in [0.717, 1.165) is 83.4 Å². The number of rotatable bonds is 9. The fourth-order valence-electron chi connectivity index (χ4n) is 5.19. The van der Waals surface area contributed by atoms with Crippen molar-refractivity contribution in [1.29, 1.82) is 0 Å². The quantitative estimate of drug-likeness (QED) is 0.126. The molecule has 0 bridgehead atoms. The number of hydrogen-bond donors (Lipinski definition) is 0. The average molecular weight is 537 g/mol. The Morgan fingerprint density at radius 1 is 1.00 bits per heavy atom. The van der Waals surface area contributed by atoms with Gasteiger partial charge in [-0.2, -0.15) is 0 Å². The van der Waals surface area contributed by atoms with E-state index in [1.54, 1.807) is 18.0 Å². The summed E-state index contributed by atoms with van der Waals surface area (Å²) in [6.07, 6.45) is 8.73. The highest BCUT2D eigenvalue weighted by Gasteiger charge is 2.17. The predicted octanol–water partition coefficient (Wildman–Crippen LogP) is 6.23. The number of nitrogens with zero attached hydrogens (tertiary/aromatic N) is 6. The van der Waals surface area contributed by atoms with Crippen LogP contribution in [0.1, 0.15) is 23.3 Å². The maximum atomic E-state index is 5.74. The summed E-state index contributed by atoms with van der Waals surface area (Å²) in [6.45, 7) is 9.80. The molecular weight excluding hydrogens is 504 g/mol. The maximum Gasteiger partial charge on any atom is 0.226 e. The lowest BCUT2D eigenvalue weighted by Gasteiger charge is -2.19. The molecule has 1 aliphatic heterocycles. The lowest BCUT2D eigenvalue weighted by atomic mass is 10.00. The Kier molecular flexibility index (Phi) is 7.56. The fraction of sp³-hybridized carbons (Fsp3) is 0.290. The second-order valence-corrected chi connectivity index (χ2v) is 11.0. The van der Waals surface area contributed by atoms with E-state index in [4.69, 9.17) is 4.42 Å². The number of pyridine rings is 1. The molecule has 0 N–H and O–H groups in total. The van der Waals surface area contributed by atoms with E-state index < -0.39 is 0 Å². The number of aromatic nitrogens is 5. The zero-order valence-corrected chi connectivity index (χ0v) is 23.0. The molecule has 1 aliphatic rings. The molecular formula is C31H32N6OS. The Hall–Kier alpha value is -3.75. The minimum absolute atomic E-state index is 0.676. The highest BCUT2D eigenvalue weighted by molar-refractivity contribution is 7.99. The van der Waals surface area contributed by atoms with Gasteiger partial charge in [0.05, 0.1) is 11.7 Å². The van der Waals surface area contributed by atoms with Crippen LogP contribution >= 0.6 is 11.8 Å². The second kappa shape index (κ2) is 11.6. The average Bonchev–Trinajstić information content (AvgIpc) is 3.52. The molecule has 198 valence electrons. The molecule has 5 aromatic rings. The number of fused-ring (bicyclic) bond motifs is 2. The van der Waals surface area contributed by atoms with Gasteiger partial charge in [0.1, 0.15) is 5.76 Å². The van der Waals surface area contributed by atoms with Gasteiger partial charge in [-0.25, -0.2) is 4.98 Å². The molecule has 8 heteroatoms. The highest BCUT2D eigenvalue weighted by atomic mass is 32.2. The van der Waals surface area contributed by atoms with Gasteiger partial charge in [-0.15, -0.1) is 16.8 Å². The third-order valence-electron chi connectivity index (χ3n) is 7.21. The Balaban J connectivity index is 1.06. The number of oxazole rings is 1. The second-order valence-electron chi connectivity index (χ2n) is 9.92. The van der Waals surface area contributed by atoms with Crippen LogP contribution in [0.4, 0.5) is 0 Å². The molecule has 0 unspecified atom stereocenters. The van der Waals surface area contributed by atoms with Crippen LogP contribution in [0.25, 0.3) is 33.7 Å². The number of benzene rings is 2. The molecule has 0 saturated heterocycles. The molecule has 0 spiro atoms. The molecule has 0 aliphatic carbocycles. The summed E-state index contributed by atoms with van der Waals surface area (Å²) in [5.41, 5.74) is 5.94. The topological polar surface area (TPSA) is 72.9 Å². The van der Waals surface area contributed by atoms with Crippen molar-refractivity contribution in [3.63, 3.8) is 0 Å². The zero-order chi connectivity index (χ0) is 26.6. The van der Waals surface area contributed by atoms with Crippen LogP contribution in [-0.2, 0) is 19.4 Å². The Bertz CT molecular complexity index is 1610. The summed E-state index contributed by atoms with van der Waals surface area (Å²) in [5, 5.41) is 11.1. The monoisotopic (exact) mass is 536 g/mol. The molecule has 0 amide bonds. The molecule has 39 heavy (non-hydrogen) atoms. The van der Waals surface area contributed by atoms with Gasteiger partial charge in [0.2, 0.25) is 5.89 Å². The first kappa shape index (κ1) is 25.5. The molecule has 4 heterocycles. The molecule has 0 saturated carbocycles. The van der Waals surface area contributed by atoms with Crippen LogP contribution < -0.4 is 0 Å². The van der Waals surface area contributed by atoms with Crippen molar-refractivity contribution in [2.45, 2.75) is 37.9 Å². The lowest BCUT2D eigenvalue weighted by Crippen LogP contribution is -2.27. The van der Waals surface area contributed by atoms with Gasteiger partial charge in [-0.3, -0.25) is 9.55 Å². The van der Waals surface area contributed by atoms with Crippen molar-refractivity contribution >= 4 is 22.7 Å². The van der Waals surface area contributed by atoms with Crippen molar-refractivity contribution in [2.24, 2.45) is 0 Å². The van der Waals surface area contributed by atoms with Gasteiger partial charge in [0.25, 0.3) is 0 Å². The summed E-state index contributed by atoms with van der Waals surface area (Å²) in [4.78, 5) is 11.4. The normalized spacial score (nSPS) is 13.9. The SMILES string of the molecule is C=CCn1c(SCCCN2CCc3ccc(-c4ncc(C)o4)cc3CC2)nnc1-c1ccc2ncccc2c1. The Morgan fingerprint density at radius 3 is 2.72 bits per heavy atom. The summed E-state index contributed by atoms with van der Waals surface area (Å²) in [6, 6.07) is 16.9. The number of allylic oxidation sites excluding steroid dienone is 1. The fourth-order valence-corrected chi connectivity index (χ4v) is 6.06. The van der Waals surface area contributed by atoms with Crippen LogP contribution in [0.15, 0.2) is 83.2 Å². The number of hydrogen-bond acceptors (Lipinski definition) is 7. The van der Waals surface area contributed by atoms with E-state index in [1.165, 1.54) is 11.1 Å². The van der Waals surface area contributed by atoms with Gasteiger partial charge in [-0.1, -0.05) is 30.0 Å². The first-order chi connectivity index (χ1) is 19.2. The van der Waals surface area contributed by atoms with E-state index in [9.17, 15) is 0 Å². The van der Waals surface area contributed by atoms with Crippen molar-refractivity contribution in [3.8, 4) is 22.8 Å². The largest absolute Gasteiger partial charge is 0.441 e. The summed E-state index contributed by atoms with van der Waals surface area (Å²) < 4.78 is 7.90. The number of aryl methyl sites for hydroxylation is 1. The van der Waals surface area contributed by atoms with Gasteiger partial charge in [0, 0.05) is 48.1 Å². The summed E-state index contributed by atoms with van der Waals surface area (Å²) >= 11 is 1.77. The maximum absolute atomic E-state index is 5.74. The molecule has 3 aromatic heterocycles. The molecule has 7 nitrogen and oxygen atoms in total. The van der Waals surface area contributed by atoms with E-state index in [-0.39, 0.29) is 0 Å². The molecule has 0 atom stereocenters. The van der Waals surface area contributed by atoms with Crippen LogP contribution in [0.3, 0.4) is 0 Å². The van der Waals surface area contributed by atoms with E-state index in [0.29, 0.717) is 12.4 Å². The van der Waals surface area contributed by atoms with Crippen LogP contribution in [0.2, 0.25) is 0 Å². The smallest absolute Gasteiger partial charge is 0.226 e. The first-order valence-electron chi connectivity index (χ1n) is 13.5. The highest BCUT2D eigenvalue weighted by Crippen LogP contribution is 2.28. The van der Waals surface area contributed by atoms with Crippen LogP contribution in [0.5, 0.6) is 0 Å². The zero-order valence-electron chi connectivity index (χ0n) is 22.2. The lowest BCUT2D eigenvalue weighted by molar-refractivity contribution is 0.289. The third kappa shape index (κ3) is 5.67. The predicted molar refractivity (Wildman–Crippen MR) is 157 cm³/mol. The minimum Gasteiger partial charge on any atom is -0.441 e. The van der Waals surface area contributed by atoms with Gasteiger partial charge < -0.3 is 9.32 Å². The van der Waals surface area contributed by atoms with Crippen molar-refractivity contribution in [3.05, 3.63) is 90.5 Å². The molecule has 0 fully saturated rings. The minimum atomic E-state index is 0.676. The first-order valence-corrected chi connectivity index (χ1v) is 14.5. The van der Waals surface area contributed by atoms with Gasteiger partial charge in [0.15, 0.2) is 11.0 Å². The third-order valence-corrected chi connectivity index (χ3v) is 8.26. The Labute approximate surface area is 233 Å².